The van der Waals surface area contributed by atoms with Crippen molar-refractivity contribution in [2.75, 3.05) is 0 Å². The van der Waals surface area contributed by atoms with Gasteiger partial charge in [-0.25, -0.2) is 0 Å². The minimum Gasteiger partial charge on any atom is -0.481 e. The fourth-order valence-electron chi connectivity index (χ4n) is 1.68. The highest BCUT2D eigenvalue weighted by atomic mass is 16.4. The minimum atomic E-state index is -0.846. The number of rotatable bonds is 4. The van der Waals surface area contributed by atoms with Gasteiger partial charge in [0.1, 0.15) is 0 Å². The SMILES string of the molecule is O=C(O)[C@H](Cc1cnccn1)c1ccccc1. The number of hydrogen-bond acceptors (Lipinski definition) is 3. The molecule has 0 amide bonds. The Bertz CT molecular complexity index is 485. The third-order valence-corrected chi connectivity index (χ3v) is 2.53. The Morgan fingerprint density at radius 1 is 1.24 bits per heavy atom. The van der Waals surface area contributed by atoms with Crippen LogP contribution < -0.4 is 0 Å². The Labute approximate surface area is 99.0 Å². The van der Waals surface area contributed by atoms with Gasteiger partial charge in [-0.2, -0.15) is 0 Å². The van der Waals surface area contributed by atoms with Crippen LogP contribution in [0.5, 0.6) is 0 Å². The zero-order valence-corrected chi connectivity index (χ0v) is 9.15. The molecular formula is C13H12N2O2. The summed E-state index contributed by atoms with van der Waals surface area (Å²) < 4.78 is 0. The van der Waals surface area contributed by atoms with Crippen molar-refractivity contribution in [3.63, 3.8) is 0 Å². The van der Waals surface area contributed by atoms with Gasteiger partial charge in [0.15, 0.2) is 0 Å². The first-order valence-corrected chi connectivity index (χ1v) is 5.30. The molecule has 0 bridgehead atoms. The van der Waals surface area contributed by atoms with E-state index in [9.17, 15) is 9.90 Å². The van der Waals surface area contributed by atoms with Crippen LogP contribution in [-0.4, -0.2) is 21.0 Å². The van der Waals surface area contributed by atoms with Gasteiger partial charge in [0.2, 0.25) is 0 Å². The van der Waals surface area contributed by atoms with E-state index in [-0.39, 0.29) is 0 Å². The van der Waals surface area contributed by atoms with Gasteiger partial charge >= 0.3 is 5.97 Å². The number of aliphatic carboxylic acids is 1. The van der Waals surface area contributed by atoms with E-state index in [2.05, 4.69) is 9.97 Å². The summed E-state index contributed by atoms with van der Waals surface area (Å²) in [6, 6.07) is 9.17. The zero-order chi connectivity index (χ0) is 12.1. The summed E-state index contributed by atoms with van der Waals surface area (Å²) in [6.07, 6.45) is 5.09. The topological polar surface area (TPSA) is 63.1 Å². The van der Waals surface area contributed by atoms with Crippen molar-refractivity contribution in [3.05, 3.63) is 60.2 Å². The molecule has 4 heteroatoms. The molecule has 0 fully saturated rings. The molecule has 0 aliphatic carbocycles. The van der Waals surface area contributed by atoms with Crippen LogP contribution in [-0.2, 0) is 11.2 Å². The van der Waals surface area contributed by atoms with Crippen molar-refractivity contribution in [1.29, 1.82) is 0 Å². The van der Waals surface area contributed by atoms with Gasteiger partial charge in [0, 0.05) is 25.0 Å². The first-order valence-electron chi connectivity index (χ1n) is 5.30. The highest BCUT2D eigenvalue weighted by Gasteiger charge is 2.20. The number of benzene rings is 1. The second-order valence-electron chi connectivity index (χ2n) is 3.70. The molecule has 0 aliphatic rings. The maximum absolute atomic E-state index is 11.3. The highest BCUT2D eigenvalue weighted by molar-refractivity contribution is 5.76. The van der Waals surface area contributed by atoms with E-state index in [1.807, 2.05) is 30.3 Å². The van der Waals surface area contributed by atoms with E-state index in [1.165, 1.54) is 0 Å². The molecule has 0 unspecified atom stereocenters. The average Bonchev–Trinajstić information content (AvgIpc) is 2.38. The number of carboxylic acids is 1. The van der Waals surface area contributed by atoms with Gasteiger partial charge in [0.25, 0.3) is 0 Å². The van der Waals surface area contributed by atoms with Crippen molar-refractivity contribution in [3.8, 4) is 0 Å². The number of carbonyl (C=O) groups is 1. The molecule has 1 atom stereocenters. The maximum atomic E-state index is 11.3. The molecule has 86 valence electrons. The Hall–Kier alpha value is -2.23. The predicted octanol–water partition coefficient (Wildman–Crippen LogP) is 1.89. The molecular weight excluding hydrogens is 216 g/mol. The first kappa shape index (κ1) is 11.3. The van der Waals surface area contributed by atoms with Crippen molar-refractivity contribution < 1.29 is 9.90 Å². The summed E-state index contributed by atoms with van der Waals surface area (Å²) in [5.74, 6) is -1.42. The van der Waals surface area contributed by atoms with Crippen LogP contribution in [0.25, 0.3) is 0 Å². The minimum absolute atomic E-state index is 0.354. The third kappa shape index (κ3) is 2.87. The van der Waals surface area contributed by atoms with E-state index in [4.69, 9.17) is 0 Å². The Morgan fingerprint density at radius 3 is 2.59 bits per heavy atom. The van der Waals surface area contributed by atoms with Crippen LogP contribution >= 0.6 is 0 Å². The van der Waals surface area contributed by atoms with Crippen LogP contribution in [0, 0.1) is 0 Å². The number of aromatic nitrogens is 2. The van der Waals surface area contributed by atoms with Gasteiger partial charge in [-0.3, -0.25) is 14.8 Å². The lowest BCUT2D eigenvalue weighted by molar-refractivity contribution is -0.138. The molecule has 2 aromatic rings. The Morgan fingerprint density at radius 2 is 2.00 bits per heavy atom. The predicted molar refractivity (Wildman–Crippen MR) is 62.6 cm³/mol. The highest BCUT2D eigenvalue weighted by Crippen LogP contribution is 2.19. The fourth-order valence-corrected chi connectivity index (χ4v) is 1.68. The van der Waals surface area contributed by atoms with Crippen molar-refractivity contribution in [2.45, 2.75) is 12.3 Å². The molecule has 1 N–H and O–H groups in total. The van der Waals surface area contributed by atoms with E-state index >= 15 is 0 Å². The van der Waals surface area contributed by atoms with Gasteiger partial charge in [-0.15, -0.1) is 0 Å². The molecule has 1 aromatic heterocycles. The molecule has 2 rings (SSSR count). The van der Waals surface area contributed by atoms with Crippen LogP contribution in [0.4, 0.5) is 0 Å². The second kappa shape index (κ2) is 5.21. The van der Waals surface area contributed by atoms with E-state index in [1.54, 1.807) is 18.6 Å². The molecule has 1 aromatic carbocycles. The van der Waals surface area contributed by atoms with Crippen LogP contribution in [0.2, 0.25) is 0 Å². The van der Waals surface area contributed by atoms with E-state index in [0.717, 1.165) is 5.56 Å². The van der Waals surface area contributed by atoms with Crippen molar-refractivity contribution in [1.82, 2.24) is 9.97 Å². The van der Waals surface area contributed by atoms with Crippen LogP contribution in [0.15, 0.2) is 48.9 Å². The monoisotopic (exact) mass is 228 g/mol. The summed E-state index contributed by atoms with van der Waals surface area (Å²) >= 11 is 0. The van der Waals surface area contributed by atoms with Gasteiger partial charge in [-0.1, -0.05) is 30.3 Å². The smallest absolute Gasteiger partial charge is 0.311 e. The molecule has 17 heavy (non-hydrogen) atoms. The van der Waals surface area contributed by atoms with Crippen molar-refractivity contribution in [2.24, 2.45) is 0 Å². The summed E-state index contributed by atoms with van der Waals surface area (Å²) in [4.78, 5) is 19.3. The molecule has 0 radical (unpaired) electrons. The van der Waals surface area contributed by atoms with E-state index < -0.39 is 11.9 Å². The van der Waals surface area contributed by atoms with Crippen LogP contribution in [0.3, 0.4) is 0 Å². The third-order valence-electron chi connectivity index (χ3n) is 2.53. The van der Waals surface area contributed by atoms with Gasteiger partial charge < -0.3 is 5.11 Å². The number of hydrogen-bond donors (Lipinski definition) is 1. The molecule has 1 heterocycles. The largest absolute Gasteiger partial charge is 0.481 e. The lowest BCUT2D eigenvalue weighted by Crippen LogP contribution is -2.15. The first-order chi connectivity index (χ1) is 8.27. The molecule has 0 spiro atoms. The van der Waals surface area contributed by atoms with Crippen molar-refractivity contribution >= 4 is 5.97 Å². The zero-order valence-electron chi connectivity index (χ0n) is 9.15. The summed E-state index contributed by atoms with van der Waals surface area (Å²) in [7, 11) is 0. The lowest BCUT2D eigenvalue weighted by Gasteiger charge is -2.11. The maximum Gasteiger partial charge on any atom is 0.311 e. The normalized spacial score (nSPS) is 12.0. The molecule has 0 saturated carbocycles. The quantitative estimate of drug-likeness (QED) is 0.867. The summed E-state index contributed by atoms with van der Waals surface area (Å²) in [6.45, 7) is 0. The Kier molecular flexibility index (Phi) is 3.45. The Balaban J connectivity index is 2.23. The molecule has 0 saturated heterocycles. The van der Waals surface area contributed by atoms with Gasteiger partial charge in [0.05, 0.1) is 11.6 Å². The number of carboxylic acid groups (broad SMARTS) is 1. The van der Waals surface area contributed by atoms with Crippen LogP contribution in [0.1, 0.15) is 17.2 Å². The number of nitrogens with zero attached hydrogens (tertiary/aromatic N) is 2. The lowest BCUT2D eigenvalue weighted by atomic mass is 9.94. The molecule has 0 aliphatic heterocycles. The molecule has 4 nitrogen and oxygen atoms in total. The fraction of sp³-hybridized carbons (Fsp3) is 0.154. The summed E-state index contributed by atoms with van der Waals surface area (Å²) in [5, 5.41) is 9.24. The summed E-state index contributed by atoms with van der Waals surface area (Å²) in [5.41, 5.74) is 1.47. The van der Waals surface area contributed by atoms with Gasteiger partial charge in [-0.05, 0) is 5.56 Å². The average molecular weight is 228 g/mol. The van der Waals surface area contributed by atoms with E-state index in [0.29, 0.717) is 12.1 Å². The standard InChI is InChI=1S/C13H12N2O2/c16-13(17)12(10-4-2-1-3-5-10)8-11-9-14-6-7-15-11/h1-7,9,12H,8H2,(H,16,17)/t12-/m1/s1. The second-order valence-corrected chi connectivity index (χ2v) is 3.70.